The van der Waals surface area contributed by atoms with E-state index in [2.05, 4.69) is 31.3 Å². The van der Waals surface area contributed by atoms with Gasteiger partial charge in [0.1, 0.15) is 0 Å². The third-order valence-electron chi connectivity index (χ3n) is 5.08. The summed E-state index contributed by atoms with van der Waals surface area (Å²) in [7, 11) is 0. The zero-order chi connectivity index (χ0) is 21.3. The van der Waals surface area contributed by atoms with Crippen LogP contribution in [0.25, 0.3) is 0 Å². The quantitative estimate of drug-likeness (QED) is 0.644. The van der Waals surface area contributed by atoms with E-state index in [1.807, 2.05) is 59.1 Å². The van der Waals surface area contributed by atoms with Gasteiger partial charge in [0.15, 0.2) is 0 Å². The molecule has 0 bridgehead atoms. The van der Waals surface area contributed by atoms with Crippen LogP contribution in [0.5, 0.6) is 0 Å². The third-order valence-corrected chi connectivity index (χ3v) is 7.64. The molecule has 1 unspecified atom stereocenters. The molecule has 2 aromatic carbocycles. The lowest BCUT2D eigenvalue weighted by Gasteiger charge is -2.26. The standard InChI is InChI=1S/C24H30N2O2S2/c1-18(2)23(30-17-20-6-4-3-5-7-20)24(28)25-21-10-8-19(9-11-21)16-22(27)26-12-14-29-15-13-26/h3-11,18,23H,12-17H2,1-2H3,(H,25,28). The van der Waals surface area contributed by atoms with Crippen molar-refractivity contribution in [1.29, 1.82) is 0 Å². The van der Waals surface area contributed by atoms with E-state index < -0.39 is 0 Å². The number of thioether (sulfide) groups is 2. The first kappa shape index (κ1) is 22.8. The lowest BCUT2D eigenvalue weighted by Crippen LogP contribution is -2.38. The Morgan fingerprint density at radius 1 is 1.00 bits per heavy atom. The number of hydrogen-bond acceptors (Lipinski definition) is 4. The largest absolute Gasteiger partial charge is 0.341 e. The molecular weight excluding hydrogens is 412 g/mol. The number of rotatable bonds is 8. The molecule has 4 nitrogen and oxygen atoms in total. The summed E-state index contributed by atoms with van der Waals surface area (Å²) < 4.78 is 0. The van der Waals surface area contributed by atoms with Crippen molar-refractivity contribution >= 4 is 41.0 Å². The Bertz CT molecular complexity index is 819. The molecule has 1 fully saturated rings. The highest BCUT2D eigenvalue weighted by atomic mass is 32.2. The summed E-state index contributed by atoms with van der Waals surface area (Å²) >= 11 is 3.57. The molecule has 1 aliphatic rings. The van der Waals surface area contributed by atoms with Gasteiger partial charge >= 0.3 is 0 Å². The number of hydrogen-bond donors (Lipinski definition) is 1. The van der Waals surface area contributed by atoms with Crippen molar-refractivity contribution in [3.63, 3.8) is 0 Å². The van der Waals surface area contributed by atoms with E-state index in [4.69, 9.17) is 0 Å². The molecule has 0 saturated carbocycles. The van der Waals surface area contributed by atoms with E-state index in [0.717, 1.165) is 41.6 Å². The Kier molecular flexibility index (Phi) is 8.70. The summed E-state index contributed by atoms with van der Waals surface area (Å²) in [4.78, 5) is 27.2. The Morgan fingerprint density at radius 2 is 1.67 bits per heavy atom. The first-order valence-electron chi connectivity index (χ1n) is 10.4. The number of amides is 2. The average molecular weight is 443 g/mol. The van der Waals surface area contributed by atoms with Crippen LogP contribution in [-0.4, -0.2) is 46.6 Å². The highest BCUT2D eigenvalue weighted by Crippen LogP contribution is 2.25. The van der Waals surface area contributed by atoms with Crippen molar-refractivity contribution < 1.29 is 9.59 Å². The zero-order valence-electron chi connectivity index (χ0n) is 17.7. The van der Waals surface area contributed by atoms with Gasteiger partial charge in [0.25, 0.3) is 0 Å². The van der Waals surface area contributed by atoms with Gasteiger partial charge in [-0.3, -0.25) is 9.59 Å². The summed E-state index contributed by atoms with van der Waals surface area (Å²) in [5, 5.41) is 2.92. The van der Waals surface area contributed by atoms with Crippen molar-refractivity contribution in [2.24, 2.45) is 5.92 Å². The first-order chi connectivity index (χ1) is 14.5. The van der Waals surface area contributed by atoms with Gasteiger partial charge in [0, 0.05) is 36.0 Å². The lowest BCUT2D eigenvalue weighted by molar-refractivity contribution is -0.130. The minimum Gasteiger partial charge on any atom is -0.341 e. The molecule has 2 aromatic rings. The summed E-state index contributed by atoms with van der Waals surface area (Å²) in [5.74, 6) is 3.31. The molecule has 1 heterocycles. The summed E-state index contributed by atoms with van der Waals surface area (Å²) in [6, 6.07) is 17.9. The van der Waals surface area contributed by atoms with Gasteiger partial charge in [-0.05, 0) is 29.2 Å². The van der Waals surface area contributed by atoms with Crippen molar-refractivity contribution in [3.05, 3.63) is 65.7 Å². The van der Waals surface area contributed by atoms with Crippen LogP contribution in [0.3, 0.4) is 0 Å². The molecule has 6 heteroatoms. The summed E-state index contributed by atoms with van der Waals surface area (Å²) in [5.41, 5.74) is 2.98. The van der Waals surface area contributed by atoms with Gasteiger partial charge in [0.05, 0.1) is 11.7 Å². The molecule has 1 aliphatic heterocycles. The average Bonchev–Trinajstić information content (AvgIpc) is 2.76. The smallest absolute Gasteiger partial charge is 0.237 e. The second-order valence-corrected chi connectivity index (χ2v) is 10.2. The van der Waals surface area contributed by atoms with E-state index >= 15 is 0 Å². The highest BCUT2D eigenvalue weighted by molar-refractivity contribution is 8.00. The molecule has 2 amide bonds. The molecule has 1 N–H and O–H groups in total. The van der Waals surface area contributed by atoms with Gasteiger partial charge < -0.3 is 10.2 Å². The normalized spacial score (nSPS) is 15.1. The molecule has 30 heavy (non-hydrogen) atoms. The second-order valence-electron chi connectivity index (χ2n) is 7.82. The highest BCUT2D eigenvalue weighted by Gasteiger charge is 2.23. The van der Waals surface area contributed by atoms with Gasteiger partial charge in [-0.2, -0.15) is 11.8 Å². The Hall–Kier alpha value is -1.92. The molecule has 1 atom stereocenters. The van der Waals surface area contributed by atoms with Crippen LogP contribution in [0.2, 0.25) is 0 Å². The van der Waals surface area contributed by atoms with E-state index in [1.165, 1.54) is 5.56 Å². The fourth-order valence-electron chi connectivity index (χ4n) is 3.35. The van der Waals surface area contributed by atoms with Crippen molar-refractivity contribution in [2.45, 2.75) is 31.3 Å². The molecular formula is C24H30N2O2S2. The fraction of sp³-hybridized carbons (Fsp3) is 0.417. The maximum Gasteiger partial charge on any atom is 0.237 e. The number of nitrogens with zero attached hydrogens (tertiary/aromatic N) is 1. The van der Waals surface area contributed by atoms with Crippen LogP contribution in [0.15, 0.2) is 54.6 Å². The maximum absolute atomic E-state index is 12.8. The van der Waals surface area contributed by atoms with Crippen LogP contribution < -0.4 is 5.32 Å². The third kappa shape index (κ3) is 6.81. The molecule has 160 valence electrons. The van der Waals surface area contributed by atoms with Gasteiger partial charge in [0.2, 0.25) is 11.8 Å². The van der Waals surface area contributed by atoms with Gasteiger partial charge in [-0.1, -0.05) is 56.3 Å². The minimum absolute atomic E-state index is 0.0283. The lowest BCUT2D eigenvalue weighted by atomic mass is 10.1. The Balaban J connectivity index is 1.53. The van der Waals surface area contributed by atoms with E-state index in [9.17, 15) is 9.59 Å². The van der Waals surface area contributed by atoms with Gasteiger partial charge in [-0.25, -0.2) is 0 Å². The summed E-state index contributed by atoms with van der Waals surface area (Å²) in [6.07, 6.45) is 0.417. The van der Waals surface area contributed by atoms with Crippen LogP contribution in [-0.2, 0) is 21.8 Å². The van der Waals surface area contributed by atoms with Crippen LogP contribution in [0, 0.1) is 5.92 Å². The van der Waals surface area contributed by atoms with Crippen molar-refractivity contribution in [2.75, 3.05) is 29.9 Å². The first-order valence-corrected chi connectivity index (χ1v) is 12.6. The Labute approximate surface area is 188 Å². The van der Waals surface area contributed by atoms with Crippen LogP contribution in [0.1, 0.15) is 25.0 Å². The number of benzene rings is 2. The molecule has 1 saturated heterocycles. The van der Waals surface area contributed by atoms with Crippen molar-refractivity contribution in [1.82, 2.24) is 4.90 Å². The topological polar surface area (TPSA) is 49.4 Å². The number of anilines is 1. The Morgan fingerprint density at radius 3 is 2.30 bits per heavy atom. The van der Waals surface area contributed by atoms with Gasteiger partial charge in [-0.15, -0.1) is 11.8 Å². The van der Waals surface area contributed by atoms with Crippen molar-refractivity contribution in [3.8, 4) is 0 Å². The monoisotopic (exact) mass is 442 g/mol. The number of carbonyl (C=O) groups is 2. The molecule has 3 rings (SSSR count). The SMILES string of the molecule is CC(C)C(SCc1ccccc1)C(=O)Nc1ccc(CC(=O)N2CCSCC2)cc1. The zero-order valence-corrected chi connectivity index (χ0v) is 19.3. The van der Waals surface area contributed by atoms with E-state index in [0.29, 0.717) is 6.42 Å². The number of carbonyl (C=O) groups excluding carboxylic acids is 2. The minimum atomic E-state index is -0.122. The molecule has 0 aliphatic carbocycles. The second kappa shape index (κ2) is 11.5. The van der Waals surface area contributed by atoms with Crippen LogP contribution >= 0.6 is 23.5 Å². The molecule has 0 radical (unpaired) electrons. The molecule has 0 aromatic heterocycles. The predicted octanol–water partition coefficient (Wildman–Crippen LogP) is 4.70. The van der Waals surface area contributed by atoms with E-state index in [1.54, 1.807) is 11.8 Å². The van der Waals surface area contributed by atoms with E-state index in [-0.39, 0.29) is 23.0 Å². The predicted molar refractivity (Wildman–Crippen MR) is 129 cm³/mol. The van der Waals surface area contributed by atoms with Crippen LogP contribution in [0.4, 0.5) is 5.69 Å². The number of nitrogens with one attached hydrogen (secondary N) is 1. The fourth-order valence-corrected chi connectivity index (χ4v) is 5.41. The summed E-state index contributed by atoms with van der Waals surface area (Å²) in [6.45, 7) is 5.84. The maximum atomic E-state index is 12.8. The molecule has 0 spiro atoms.